The lowest BCUT2D eigenvalue weighted by atomic mass is 10.1. The fraction of sp³-hybridized carbons (Fsp3) is 0.172. The molecule has 7 heteroatoms. The topological polar surface area (TPSA) is 68.1 Å². The number of likely N-dealkylation sites (tertiary alicyclic amines) is 1. The zero-order chi connectivity index (χ0) is 24.5. The van der Waals surface area contributed by atoms with Crippen molar-refractivity contribution in [3.63, 3.8) is 0 Å². The third kappa shape index (κ3) is 4.26. The number of nitrogens with zero attached hydrogens (tertiary/aromatic N) is 4. The van der Waals surface area contributed by atoms with Crippen LogP contribution in [0.5, 0.6) is 0 Å². The monoisotopic (exact) mass is 492 g/mol. The van der Waals surface area contributed by atoms with Crippen LogP contribution in [0.25, 0.3) is 33.2 Å². The predicted molar refractivity (Wildman–Crippen MR) is 142 cm³/mol. The van der Waals surface area contributed by atoms with Crippen LogP contribution in [0, 0.1) is 11.8 Å². The summed E-state index contributed by atoms with van der Waals surface area (Å²) in [5.74, 6) is 7.13. The number of hydrogen-bond donors (Lipinski definition) is 0. The number of aromatic nitrogens is 3. The normalized spacial score (nSPS) is 14.2. The largest absolute Gasteiger partial charge is 0.292 e. The second kappa shape index (κ2) is 9.23. The SMILES string of the molecule is O=S(=O)(c1ccccc1)n1ccc2cc(-c3ncc4cc(C#CCN5CCCC5)ccc4n3)ccc21. The van der Waals surface area contributed by atoms with Gasteiger partial charge in [-0.3, -0.25) is 4.90 Å². The quantitative estimate of drug-likeness (QED) is 0.333. The Morgan fingerprint density at radius 3 is 2.56 bits per heavy atom. The molecule has 1 saturated heterocycles. The van der Waals surface area contributed by atoms with Gasteiger partial charge in [0.25, 0.3) is 10.0 Å². The van der Waals surface area contributed by atoms with Gasteiger partial charge in [0.2, 0.25) is 0 Å². The van der Waals surface area contributed by atoms with Crippen LogP contribution in [0.1, 0.15) is 18.4 Å². The van der Waals surface area contributed by atoms with Gasteiger partial charge in [0, 0.05) is 34.3 Å². The van der Waals surface area contributed by atoms with Gasteiger partial charge in [0.1, 0.15) is 0 Å². The summed E-state index contributed by atoms with van der Waals surface area (Å²) in [6.45, 7) is 3.09. The van der Waals surface area contributed by atoms with Crippen LogP contribution in [0.4, 0.5) is 0 Å². The summed E-state index contributed by atoms with van der Waals surface area (Å²) < 4.78 is 27.5. The van der Waals surface area contributed by atoms with Gasteiger partial charge < -0.3 is 0 Å². The first-order valence-electron chi connectivity index (χ1n) is 12.0. The van der Waals surface area contributed by atoms with Crippen molar-refractivity contribution in [1.29, 1.82) is 0 Å². The van der Waals surface area contributed by atoms with E-state index in [0.717, 1.165) is 47.1 Å². The molecular weight excluding hydrogens is 468 g/mol. The van der Waals surface area contributed by atoms with Gasteiger partial charge in [0.15, 0.2) is 5.82 Å². The molecule has 0 amide bonds. The summed E-state index contributed by atoms with van der Waals surface area (Å²) in [6.07, 6.45) is 5.94. The molecule has 3 heterocycles. The Balaban J connectivity index is 1.28. The highest BCUT2D eigenvalue weighted by Crippen LogP contribution is 2.27. The third-order valence-electron chi connectivity index (χ3n) is 6.53. The first-order chi connectivity index (χ1) is 17.6. The molecule has 0 atom stereocenters. The summed E-state index contributed by atoms with van der Waals surface area (Å²) in [7, 11) is -3.67. The van der Waals surface area contributed by atoms with Crippen molar-refractivity contribution in [3.8, 4) is 23.2 Å². The van der Waals surface area contributed by atoms with E-state index in [2.05, 4.69) is 21.7 Å². The Morgan fingerprint density at radius 1 is 0.889 bits per heavy atom. The van der Waals surface area contributed by atoms with E-state index in [1.165, 1.54) is 16.8 Å². The Bertz CT molecular complexity index is 1740. The number of hydrogen-bond acceptors (Lipinski definition) is 5. The molecule has 3 aromatic carbocycles. The van der Waals surface area contributed by atoms with Crippen LogP contribution in [0.15, 0.2) is 90.1 Å². The van der Waals surface area contributed by atoms with E-state index in [0.29, 0.717) is 11.3 Å². The molecule has 5 aromatic rings. The second-order valence-corrected chi connectivity index (χ2v) is 10.8. The summed E-state index contributed by atoms with van der Waals surface area (Å²) >= 11 is 0. The van der Waals surface area contributed by atoms with Crippen molar-refractivity contribution >= 4 is 31.8 Å². The van der Waals surface area contributed by atoms with Crippen molar-refractivity contribution in [2.45, 2.75) is 17.7 Å². The van der Waals surface area contributed by atoms with Gasteiger partial charge in [-0.2, -0.15) is 0 Å². The number of rotatable bonds is 4. The summed E-state index contributed by atoms with van der Waals surface area (Å²) in [5, 5.41) is 1.74. The van der Waals surface area contributed by atoms with Gasteiger partial charge in [-0.25, -0.2) is 22.4 Å². The Labute approximate surface area is 210 Å². The summed E-state index contributed by atoms with van der Waals surface area (Å²) in [6, 6.07) is 21.8. The maximum Gasteiger partial charge on any atom is 0.268 e. The van der Waals surface area contributed by atoms with Crippen LogP contribution in [-0.4, -0.2) is 46.9 Å². The average molecular weight is 493 g/mol. The number of fused-ring (bicyclic) bond motifs is 2. The Hall–Kier alpha value is -3.99. The average Bonchev–Trinajstić information content (AvgIpc) is 3.59. The van der Waals surface area contributed by atoms with Gasteiger partial charge in [-0.1, -0.05) is 30.0 Å². The molecular formula is C29H24N4O2S. The van der Waals surface area contributed by atoms with Crippen molar-refractivity contribution in [3.05, 3.63) is 90.8 Å². The molecule has 178 valence electrons. The predicted octanol–water partition coefficient (Wildman–Crippen LogP) is 4.94. The first kappa shape index (κ1) is 22.5. The molecule has 1 fully saturated rings. The zero-order valence-electron chi connectivity index (χ0n) is 19.6. The highest BCUT2D eigenvalue weighted by Gasteiger charge is 2.19. The molecule has 1 aliphatic rings. The summed E-state index contributed by atoms with van der Waals surface area (Å²) in [4.78, 5) is 12.0. The van der Waals surface area contributed by atoms with E-state index in [1.54, 1.807) is 48.7 Å². The zero-order valence-corrected chi connectivity index (χ0v) is 20.4. The number of benzene rings is 3. The molecule has 0 saturated carbocycles. The standard InChI is InChI=1S/C29H24N4O2S/c34-36(35,26-8-2-1-3-9-26)33-18-14-23-20-24(11-13-28(23)33)29-30-21-25-19-22(10-12-27(25)31-29)7-6-17-32-15-4-5-16-32/h1-3,8-14,18-21H,4-5,15-17H2. The van der Waals surface area contributed by atoms with Crippen LogP contribution in [0.3, 0.4) is 0 Å². The molecule has 0 aliphatic carbocycles. The van der Waals surface area contributed by atoms with E-state index >= 15 is 0 Å². The lowest BCUT2D eigenvalue weighted by Crippen LogP contribution is -2.18. The molecule has 0 N–H and O–H groups in total. The first-order valence-corrected chi connectivity index (χ1v) is 13.4. The molecule has 1 aliphatic heterocycles. The molecule has 6 nitrogen and oxygen atoms in total. The molecule has 0 unspecified atom stereocenters. The minimum Gasteiger partial charge on any atom is -0.292 e. The van der Waals surface area contributed by atoms with E-state index < -0.39 is 10.0 Å². The molecule has 6 rings (SSSR count). The van der Waals surface area contributed by atoms with Gasteiger partial charge in [-0.15, -0.1) is 0 Å². The minimum absolute atomic E-state index is 0.254. The molecule has 0 radical (unpaired) electrons. The highest BCUT2D eigenvalue weighted by molar-refractivity contribution is 7.90. The van der Waals surface area contributed by atoms with Crippen molar-refractivity contribution < 1.29 is 8.42 Å². The lowest BCUT2D eigenvalue weighted by molar-refractivity contribution is 0.383. The smallest absolute Gasteiger partial charge is 0.268 e. The molecule has 2 aromatic heterocycles. The van der Waals surface area contributed by atoms with Crippen molar-refractivity contribution in [2.75, 3.05) is 19.6 Å². The van der Waals surface area contributed by atoms with Gasteiger partial charge in [-0.05, 0) is 80.5 Å². The van der Waals surface area contributed by atoms with Crippen molar-refractivity contribution in [1.82, 2.24) is 18.8 Å². The van der Waals surface area contributed by atoms with E-state index in [4.69, 9.17) is 4.98 Å². The highest BCUT2D eigenvalue weighted by atomic mass is 32.2. The van der Waals surface area contributed by atoms with Crippen LogP contribution in [-0.2, 0) is 10.0 Å². The lowest BCUT2D eigenvalue weighted by Gasteiger charge is -2.08. The fourth-order valence-electron chi connectivity index (χ4n) is 4.62. The third-order valence-corrected chi connectivity index (χ3v) is 8.23. The second-order valence-electron chi connectivity index (χ2n) is 8.96. The van der Waals surface area contributed by atoms with Crippen LogP contribution >= 0.6 is 0 Å². The fourth-order valence-corrected chi connectivity index (χ4v) is 5.99. The Kier molecular flexibility index (Phi) is 5.76. The maximum absolute atomic E-state index is 13.1. The minimum atomic E-state index is -3.67. The van der Waals surface area contributed by atoms with Crippen LogP contribution < -0.4 is 0 Å². The van der Waals surface area contributed by atoms with Gasteiger partial charge >= 0.3 is 0 Å². The Morgan fingerprint density at radius 2 is 1.72 bits per heavy atom. The van der Waals surface area contributed by atoms with Gasteiger partial charge in [0.05, 0.1) is 22.5 Å². The summed E-state index contributed by atoms with van der Waals surface area (Å²) in [5.41, 5.74) is 3.24. The molecule has 0 spiro atoms. The van der Waals surface area contributed by atoms with Crippen LogP contribution in [0.2, 0.25) is 0 Å². The van der Waals surface area contributed by atoms with E-state index in [1.807, 2.05) is 36.5 Å². The molecule has 0 bridgehead atoms. The van der Waals surface area contributed by atoms with Crippen molar-refractivity contribution in [2.24, 2.45) is 0 Å². The molecule has 36 heavy (non-hydrogen) atoms. The van der Waals surface area contributed by atoms with E-state index in [9.17, 15) is 8.42 Å². The maximum atomic E-state index is 13.1. The van der Waals surface area contributed by atoms with E-state index in [-0.39, 0.29) is 4.90 Å².